The number of aliphatic imine (C=N–C) groups is 1. The lowest BCUT2D eigenvalue weighted by molar-refractivity contribution is 0.0674. The predicted molar refractivity (Wildman–Crippen MR) is 73.0 cm³/mol. The molecule has 0 atom stereocenters. The van der Waals surface area contributed by atoms with Crippen LogP contribution in [0.2, 0.25) is 0 Å². The van der Waals surface area contributed by atoms with Crippen LogP contribution < -0.4 is 5.73 Å². The third-order valence-corrected chi connectivity index (χ3v) is 3.12. The van der Waals surface area contributed by atoms with Gasteiger partial charge in [0.25, 0.3) is 0 Å². The smallest absolute Gasteiger partial charge is 0.194 e. The van der Waals surface area contributed by atoms with Gasteiger partial charge < -0.3 is 19.8 Å². The molecule has 0 aromatic carbocycles. The van der Waals surface area contributed by atoms with E-state index in [1.54, 1.807) is 0 Å². The van der Waals surface area contributed by atoms with Gasteiger partial charge in [0.2, 0.25) is 0 Å². The average molecular weight is 266 g/mol. The molecule has 106 valence electrons. The second-order valence-corrected chi connectivity index (χ2v) is 4.64. The molecule has 0 aliphatic carbocycles. The summed E-state index contributed by atoms with van der Waals surface area (Å²) < 4.78 is 11.0. The number of oxazole rings is 1. The Labute approximate surface area is 113 Å². The third-order valence-electron chi connectivity index (χ3n) is 3.12. The van der Waals surface area contributed by atoms with E-state index in [-0.39, 0.29) is 0 Å². The van der Waals surface area contributed by atoms with E-state index in [4.69, 9.17) is 14.9 Å². The molecular formula is C13H22N4O2. The number of aryl methyl sites for hydroxylation is 2. The van der Waals surface area contributed by atoms with Crippen LogP contribution in [0.1, 0.15) is 30.7 Å². The SMILES string of the molecule is CCCc1nc(C)c(CN=C(N)N2CCOCC2)o1. The second-order valence-electron chi connectivity index (χ2n) is 4.64. The Balaban J connectivity index is 1.96. The van der Waals surface area contributed by atoms with Crippen LogP contribution in [0.3, 0.4) is 0 Å². The molecule has 6 nitrogen and oxygen atoms in total. The maximum absolute atomic E-state index is 5.97. The molecule has 2 heterocycles. The molecule has 1 aliphatic heterocycles. The van der Waals surface area contributed by atoms with Gasteiger partial charge in [0.15, 0.2) is 11.9 Å². The lowest BCUT2D eigenvalue weighted by Gasteiger charge is -2.27. The van der Waals surface area contributed by atoms with E-state index in [0.29, 0.717) is 25.7 Å². The molecular weight excluding hydrogens is 244 g/mol. The molecule has 1 aromatic heterocycles. The molecule has 1 saturated heterocycles. The predicted octanol–water partition coefficient (Wildman–Crippen LogP) is 1.08. The molecule has 1 aliphatic rings. The van der Waals surface area contributed by atoms with E-state index < -0.39 is 0 Å². The monoisotopic (exact) mass is 266 g/mol. The zero-order valence-corrected chi connectivity index (χ0v) is 11.7. The molecule has 0 saturated carbocycles. The van der Waals surface area contributed by atoms with Gasteiger partial charge in [0.1, 0.15) is 12.3 Å². The van der Waals surface area contributed by atoms with E-state index in [2.05, 4.69) is 16.9 Å². The van der Waals surface area contributed by atoms with Crippen LogP contribution in [0.4, 0.5) is 0 Å². The summed E-state index contributed by atoms with van der Waals surface area (Å²) in [5.41, 5.74) is 6.87. The van der Waals surface area contributed by atoms with Gasteiger partial charge in [-0.25, -0.2) is 9.98 Å². The summed E-state index contributed by atoms with van der Waals surface area (Å²) in [5.74, 6) is 2.14. The van der Waals surface area contributed by atoms with Crippen LogP contribution in [-0.2, 0) is 17.7 Å². The molecule has 0 bridgehead atoms. The first-order chi connectivity index (χ1) is 9.20. The number of aromatic nitrogens is 1. The van der Waals surface area contributed by atoms with Crippen molar-refractivity contribution in [2.24, 2.45) is 10.7 Å². The number of ether oxygens (including phenoxy) is 1. The molecule has 1 fully saturated rings. The van der Waals surface area contributed by atoms with Crippen LogP contribution in [0, 0.1) is 6.92 Å². The van der Waals surface area contributed by atoms with Gasteiger partial charge >= 0.3 is 0 Å². The third kappa shape index (κ3) is 3.70. The number of guanidine groups is 1. The summed E-state index contributed by atoms with van der Waals surface area (Å²) >= 11 is 0. The van der Waals surface area contributed by atoms with Crippen molar-refractivity contribution < 1.29 is 9.15 Å². The van der Waals surface area contributed by atoms with Crippen LogP contribution >= 0.6 is 0 Å². The van der Waals surface area contributed by atoms with Crippen molar-refractivity contribution in [2.45, 2.75) is 33.2 Å². The number of rotatable bonds is 4. The maximum atomic E-state index is 5.97. The Hall–Kier alpha value is -1.56. The summed E-state index contributed by atoms with van der Waals surface area (Å²) in [7, 11) is 0. The molecule has 19 heavy (non-hydrogen) atoms. The van der Waals surface area contributed by atoms with E-state index in [9.17, 15) is 0 Å². The Kier molecular flexibility index (Phi) is 4.79. The Morgan fingerprint density at radius 2 is 2.16 bits per heavy atom. The Morgan fingerprint density at radius 1 is 1.42 bits per heavy atom. The highest BCUT2D eigenvalue weighted by atomic mass is 16.5. The molecule has 0 spiro atoms. The normalized spacial score (nSPS) is 16.9. The quantitative estimate of drug-likeness (QED) is 0.652. The van der Waals surface area contributed by atoms with Gasteiger partial charge in [-0.05, 0) is 13.3 Å². The van der Waals surface area contributed by atoms with Gasteiger partial charge in [-0.2, -0.15) is 0 Å². The van der Waals surface area contributed by atoms with Gasteiger partial charge in [-0.15, -0.1) is 0 Å². The number of morpholine rings is 1. The van der Waals surface area contributed by atoms with Crippen molar-refractivity contribution in [3.05, 3.63) is 17.3 Å². The van der Waals surface area contributed by atoms with Crippen molar-refractivity contribution >= 4 is 5.96 Å². The van der Waals surface area contributed by atoms with E-state index in [1.807, 2.05) is 11.8 Å². The van der Waals surface area contributed by atoms with E-state index >= 15 is 0 Å². The number of hydrogen-bond donors (Lipinski definition) is 1. The van der Waals surface area contributed by atoms with Crippen molar-refractivity contribution in [3.63, 3.8) is 0 Å². The van der Waals surface area contributed by atoms with Crippen molar-refractivity contribution in [1.82, 2.24) is 9.88 Å². The molecule has 2 rings (SSSR count). The Bertz CT molecular complexity index is 436. The topological polar surface area (TPSA) is 76.9 Å². The summed E-state index contributed by atoms with van der Waals surface area (Å²) in [4.78, 5) is 10.8. The van der Waals surface area contributed by atoms with Crippen molar-refractivity contribution in [3.8, 4) is 0 Å². The molecule has 0 amide bonds. The minimum absolute atomic E-state index is 0.450. The minimum atomic E-state index is 0.450. The Morgan fingerprint density at radius 3 is 2.84 bits per heavy atom. The first kappa shape index (κ1) is 13.9. The van der Waals surface area contributed by atoms with Crippen LogP contribution in [-0.4, -0.2) is 42.1 Å². The number of nitrogens with two attached hydrogens (primary N) is 1. The van der Waals surface area contributed by atoms with E-state index in [1.165, 1.54) is 0 Å². The number of hydrogen-bond acceptors (Lipinski definition) is 4. The fraction of sp³-hybridized carbons (Fsp3) is 0.692. The molecule has 2 N–H and O–H groups in total. The largest absolute Gasteiger partial charge is 0.443 e. The zero-order valence-electron chi connectivity index (χ0n) is 11.7. The van der Waals surface area contributed by atoms with Crippen LogP contribution in [0.5, 0.6) is 0 Å². The number of nitrogens with zero attached hydrogens (tertiary/aromatic N) is 3. The first-order valence-electron chi connectivity index (χ1n) is 6.78. The highest BCUT2D eigenvalue weighted by molar-refractivity contribution is 5.78. The van der Waals surface area contributed by atoms with Crippen LogP contribution in [0.25, 0.3) is 0 Å². The lowest BCUT2D eigenvalue weighted by atomic mass is 10.3. The van der Waals surface area contributed by atoms with Crippen molar-refractivity contribution in [2.75, 3.05) is 26.3 Å². The fourth-order valence-electron chi connectivity index (χ4n) is 2.00. The second kappa shape index (κ2) is 6.56. The van der Waals surface area contributed by atoms with Crippen molar-refractivity contribution in [1.29, 1.82) is 0 Å². The lowest BCUT2D eigenvalue weighted by Crippen LogP contribution is -2.44. The van der Waals surface area contributed by atoms with Gasteiger partial charge in [-0.3, -0.25) is 0 Å². The van der Waals surface area contributed by atoms with E-state index in [0.717, 1.165) is 43.3 Å². The maximum Gasteiger partial charge on any atom is 0.194 e. The van der Waals surface area contributed by atoms with Crippen LogP contribution in [0.15, 0.2) is 9.41 Å². The first-order valence-corrected chi connectivity index (χ1v) is 6.78. The molecule has 1 aromatic rings. The highest BCUT2D eigenvalue weighted by Gasteiger charge is 2.13. The van der Waals surface area contributed by atoms with Gasteiger partial charge in [0, 0.05) is 19.5 Å². The summed E-state index contributed by atoms with van der Waals surface area (Å²) in [6.45, 7) is 7.51. The molecule has 6 heteroatoms. The summed E-state index contributed by atoms with van der Waals surface area (Å²) in [5, 5.41) is 0. The zero-order chi connectivity index (χ0) is 13.7. The minimum Gasteiger partial charge on any atom is -0.443 e. The fourth-order valence-corrected chi connectivity index (χ4v) is 2.00. The molecule has 0 unspecified atom stereocenters. The highest BCUT2D eigenvalue weighted by Crippen LogP contribution is 2.13. The molecule has 0 radical (unpaired) electrons. The average Bonchev–Trinajstić information content (AvgIpc) is 2.78. The standard InChI is InChI=1S/C13H22N4O2/c1-3-4-12-16-10(2)11(19-12)9-15-13(14)17-5-7-18-8-6-17/h3-9H2,1-2H3,(H2,14,15). The van der Waals surface area contributed by atoms with Gasteiger partial charge in [-0.1, -0.05) is 6.92 Å². The summed E-state index contributed by atoms with van der Waals surface area (Å²) in [6.07, 6.45) is 1.89. The summed E-state index contributed by atoms with van der Waals surface area (Å²) in [6, 6.07) is 0. The van der Waals surface area contributed by atoms with Gasteiger partial charge in [0.05, 0.1) is 18.9 Å².